The van der Waals surface area contributed by atoms with E-state index in [0.717, 1.165) is 18.2 Å². The molecule has 24 heavy (non-hydrogen) atoms. The van der Waals surface area contributed by atoms with Crippen molar-refractivity contribution in [3.8, 4) is 0 Å². The summed E-state index contributed by atoms with van der Waals surface area (Å²) >= 11 is 0. The maximum absolute atomic E-state index is 12.9. The van der Waals surface area contributed by atoms with Crippen molar-refractivity contribution in [2.24, 2.45) is 13.0 Å². The van der Waals surface area contributed by atoms with Gasteiger partial charge in [0.05, 0.1) is 25.0 Å². The molecule has 0 spiro atoms. The van der Waals surface area contributed by atoms with Crippen molar-refractivity contribution in [1.29, 1.82) is 0 Å². The van der Waals surface area contributed by atoms with Crippen molar-refractivity contribution in [3.63, 3.8) is 0 Å². The van der Waals surface area contributed by atoms with Gasteiger partial charge in [-0.3, -0.25) is 9.48 Å². The molecule has 6 heteroatoms. The first kappa shape index (κ1) is 15.4. The average molecular weight is 328 g/mol. The summed E-state index contributed by atoms with van der Waals surface area (Å²) in [6.45, 7) is 2.90. The van der Waals surface area contributed by atoms with Crippen LogP contribution in [-0.4, -0.2) is 45.4 Å². The van der Waals surface area contributed by atoms with Crippen LogP contribution in [0.25, 0.3) is 0 Å². The molecule has 0 aromatic carbocycles. The first-order chi connectivity index (χ1) is 11.7. The van der Waals surface area contributed by atoms with Gasteiger partial charge in [-0.15, -0.1) is 0 Å². The van der Waals surface area contributed by atoms with Crippen LogP contribution in [0.1, 0.15) is 40.5 Å². The summed E-state index contributed by atoms with van der Waals surface area (Å²) in [6.07, 6.45) is 6.47. The van der Waals surface area contributed by atoms with Gasteiger partial charge in [-0.1, -0.05) is 0 Å². The molecule has 1 fully saturated rings. The van der Waals surface area contributed by atoms with E-state index in [4.69, 9.17) is 4.74 Å². The Kier molecular flexibility index (Phi) is 3.92. The number of nitrogens with zero attached hydrogens (tertiary/aromatic N) is 4. The van der Waals surface area contributed by atoms with Crippen LogP contribution in [0.3, 0.4) is 0 Å². The second-order valence-corrected chi connectivity index (χ2v) is 7.01. The summed E-state index contributed by atoms with van der Waals surface area (Å²) in [7, 11) is 3.62. The highest BCUT2D eigenvalue weighted by Gasteiger charge is 2.33. The third-order valence-corrected chi connectivity index (χ3v) is 5.15. The number of hydrogen-bond acceptors (Lipinski definition) is 3. The highest BCUT2D eigenvalue weighted by Crippen LogP contribution is 2.34. The second kappa shape index (κ2) is 6.09. The smallest absolute Gasteiger partial charge is 0.270 e. The van der Waals surface area contributed by atoms with E-state index in [0.29, 0.717) is 19.7 Å². The monoisotopic (exact) mass is 328 g/mol. The van der Waals surface area contributed by atoms with E-state index in [-0.39, 0.29) is 11.8 Å². The fourth-order valence-electron chi connectivity index (χ4n) is 3.59. The molecular weight excluding hydrogens is 304 g/mol. The van der Waals surface area contributed by atoms with E-state index in [1.54, 1.807) is 7.11 Å². The molecule has 0 bridgehead atoms. The van der Waals surface area contributed by atoms with Gasteiger partial charge in [-0.05, 0) is 30.9 Å². The van der Waals surface area contributed by atoms with Crippen LogP contribution in [0.5, 0.6) is 0 Å². The Bertz CT molecular complexity index is 744. The topological polar surface area (TPSA) is 52.3 Å². The third-order valence-electron chi connectivity index (χ3n) is 5.15. The molecule has 2 aromatic rings. The number of aryl methyl sites for hydroxylation is 1. The fourth-order valence-corrected chi connectivity index (χ4v) is 3.59. The van der Waals surface area contributed by atoms with E-state index in [1.165, 1.54) is 24.1 Å². The molecule has 1 aliphatic heterocycles. The maximum atomic E-state index is 12.9. The first-order valence-corrected chi connectivity index (χ1v) is 8.61. The van der Waals surface area contributed by atoms with Crippen molar-refractivity contribution in [3.05, 3.63) is 41.5 Å². The Morgan fingerprint density at radius 2 is 2.25 bits per heavy atom. The number of hydrogen-bond donors (Lipinski definition) is 0. The van der Waals surface area contributed by atoms with Gasteiger partial charge in [0, 0.05) is 44.9 Å². The molecule has 1 atom stereocenters. The van der Waals surface area contributed by atoms with Crippen molar-refractivity contribution >= 4 is 5.91 Å². The van der Waals surface area contributed by atoms with E-state index in [2.05, 4.69) is 9.78 Å². The van der Waals surface area contributed by atoms with E-state index >= 15 is 0 Å². The summed E-state index contributed by atoms with van der Waals surface area (Å²) < 4.78 is 9.39. The van der Waals surface area contributed by atoms with Crippen molar-refractivity contribution in [2.75, 3.05) is 20.3 Å². The minimum atomic E-state index is 0.0772. The van der Waals surface area contributed by atoms with Gasteiger partial charge >= 0.3 is 0 Å². The second-order valence-electron chi connectivity index (χ2n) is 7.01. The van der Waals surface area contributed by atoms with Crippen molar-refractivity contribution < 1.29 is 9.53 Å². The van der Waals surface area contributed by atoms with Gasteiger partial charge in [0.2, 0.25) is 0 Å². The van der Waals surface area contributed by atoms with Gasteiger partial charge in [0.15, 0.2) is 0 Å². The molecule has 0 N–H and O–H groups in total. The van der Waals surface area contributed by atoms with Crippen molar-refractivity contribution in [2.45, 2.75) is 31.8 Å². The lowest BCUT2D eigenvalue weighted by molar-refractivity contribution is 0.0664. The molecule has 2 aliphatic rings. The van der Waals surface area contributed by atoms with Crippen LogP contribution in [0.2, 0.25) is 0 Å². The van der Waals surface area contributed by atoms with E-state index in [9.17, 15) is 4.79 Å². The number of fused-ring (bicyclic) bond motifs is 1. The van der Waals surface area contributed by atoms with Gasteiger partial charge in [0.25, 0.3) is 5.91 Å². The van der Waals surface area contributed by atoms with Gasteiger partial charge in [-0.2, -0.15) is 5.10 Å². The standard InChI is InChI=1S/C18H24N4O2/c1-20-7-3-4-16(20)18(23)21-10-14(12-24-2)15-8-19-22(17(15)11-21)9-13-5-6-13/h3-4,7-8,13-14H,5-6,9-12H2,1-2H3/t14-/m0/s1. The van der Waals surface area contributed by atoms with Crippen molar-refractivity contribution in [1.82, 2.24) is 19.2 Å². The highest BCUT2D eigenvalue weighted by atomic mass is 16.5. The molecule has 2 aromatic heterocycles. The average Bonchev–Trinajstić information content (AvgIpc) is 3.14. The van der Waals surface area contributed by atoms with Gasteiger partial charge in [-0.25, -0.2) is 0 Å². The summed E-state index contributed by atoms with van der Waals surface area (Å²) in [6, 6.07) is 3.79. The lowest BCUT2D eigenvalue weighted by Crippen LogP contribution is -2.40. The number of aromatic nitrogens is 3. The molecule has 4 rings (SSSR count). The lowest BCUT2D eigenvalue weighted by Gasteiger charge is -2.33. The summed E-state index contributed by atoms with van der Waals surface area (Å²) in [5.74, 6) is 1.03. The van der Waals surface area contributed by atoms with E-state index in [1.807, 2.05) is 41.0 Å². The number of ether oxygens (including phenoxy) is 1. The Morgan fingerprint density at radius 3 is 2.92 bits per heavy atom. The zero-order chi connectivity index (χ0) is 16.7. The molecule has 6 nitrogen and oxygen atoms in total. The summed E-state index contributed by atoms with van der Waals surface area (Å²) in [5, 5.41) is 4.60. The Balaban J connectivity index is 1.63. The molecule has 0 unspecified atom stereocenters. The summed E-state index contributed by atoms with van der Waals surface area (Å²) in [5.41, 5.74) is 3.15. The number of carbonyl (C=O) groups is 1. The van der Waals surface area contributed by atoms with Crippen LogP contribution in [0.4, 0.5) is 0 Å². The van der Waals surface area contributed by atoms with Crippen LogP contribution < -0.4 is 0 Å². The predicted octanol–water partition coefficient (Wildman–Crippen LogP) is 2.02. The minimum absolute atomic E-state index is 0.0772. The number of methoxy groups -OCH3 is 1. The highest BCUT2D eigenvalue weighted by molar-refractivity contribution is 5.93. The van der Waals surface area contributed by atoms with Crippen LogP contribution in [-0.2, 0) is 24.9 Å². The molecular formula is C18H24N4O2. The molecule has 1 amide bonds. The van der Waals surface area contributed by atoms with Crippen LogP contribution in [0.15, 0.2) is 24.5 Å². The number of amides is 1. The van der Waals surface area contributed by atoms with Gasteiger partial charge < -0.3 is 14.2 Å². The zero-order valence-corrected chi connectivity index (χ0v) is 14.3. The fraction of sp³-hybridized carbons (Fsp3) is 0.556. The molecule has 1 aliphatic carbocycles. The molecule has 0 saturated heterocycles. The zero-order valence-electron chi connectivity index (χ0n) is 14.3. The molecule has 1 saturated carbocycles. The Morgan fingerprint density at radius 1 is 1.42 bits per heavy atom. The van der Waals surface area contributed by atoms with E-state index < -0.39 is 0 Å². The Hall–Kier alpha value is -2.08. The largest absolute Gasteiger partial charge is 0.384 e. The predicted molar refractivity (Wildman–Crippen MR) is 89.7 cm³/mol. The lowest BCUT2D eigenvalue weighted by atomic mass is 9.95. The minimum Gasteiger partial charge on any atom is -0.384 e. The molecule has 0 radical (unpaired) electrons. The number of carbonyl (C=O) groups excluding carboxylic acids is 1. The van der Waals surface area contributed by atoms with Gasteiger partial charge in [0.1, 0.15) is 5.69 Å². The Labute approximate surface area is 142 Å². The first-order valence-electron chi connectivity index (χ1n) is 8.61. The number of rotatable bonds is 5. The van der Waals surface area contributed by atoms with Crippen LogP contribution >= 0.6 is 0 Å². The van der Waals surface area contributed by atoms with Crippen LogP contribution in [0, 0.1) is 5.92 Å². The molecule has 128 valence electrons. The maximum Gasteiger partial charge on any atom is 0.270 e. The quantitative estimate of drug-likeness (QED) is 0.844. The SMILES string of the molecule is COC[C@@H]1CN(C(=O)c2cccn2C)Cc2c1cnn2CC1CC1. The summed E-state index contributed by atoms with van der Waals surface area (Å²) in [4.78, 5) is 14.9. The normalized spacial score (nSPS) is 20.2. The third kappa shape index (κ3) is 2.75. The molecule has 3 heterocycles.